The molecule has 5 heteroatoms. The van der Waals surface area contributed by atoms with Crippen molar-refractivity contribution in [2.24, 2.45) is 11.7 Å². The van der Waals surface area contributed by atoms with E-state index >= 15 is 0 Å². The van der Waals surface area contributed by atoms with Gasteiger partial charge >= 0.3 is 5.97 Å². The van der Waals surface area contributed by atoms with E-state index in [4.69, 9.17) is 10.5 Å². The zero-order valence-electron chi connectivity index (χ0n) is 12.2. The van der Waals surface area contributed by atoms with Crippen LogP contribution in [0.2, 0.25) is 0 Å². The molecule has 1 saturated carbocycles. The molecule has 0 radical (unpaired) electrons. The van der Waals surface area contributed by atoms with Gasteiger partial charge in [-0.2, -0.15) is 0 Å². The van der Waals surface area contributed by atoms with Crippen LogP contribution in [0.4, 0.5) is 0 Å². The molecule has 0 aliphatic heterocycles. The molecule has 3 N–H and O–H groups in total. The van der Waals surface area contributed by atoms with Crippen molar-refractivity contribution in [3.05, 3.63) is 35.9 Å². The lowest BCUT2D eigenvalue weighted by molar-refractivity contribution is -0.145. The lowest BCUT2D eigenvalue weighted by Gasteiger charge is -2.19. The van der Waals surface area contributed by atoms with Gasteiger partial charge in [0.2, 0.25) is 5.91 Å². The molecular weight excluding hydrogens is 268 g/mol. The third-order valence-electron chi connectivity index (χ3n) is 3.93. The smallest absolute Gasteiger partial charge is 0.328 e. The second kappa shape index (κ2) is 7.22. The lowest BCUT2D eigenvalue weighted by atomic mass is 10.0. The Morgan fingerprint density at radius 2 is 2.05 bits per heavy atom. The molecule has 114 valence electrons. The van der Waals surface area contributed by atoms with Gasteiger partial charge < -0.3 is 15.8 Å². The van der Waals surface area contributed by atoms with E-state index in [9.17, 15) is 9.59 Å². The molecule has 1 aliphatic carbocycles. The number of nitrogens with two attached hydrogens (primary N) is 1. The van der Waals surface area contributed by atoms with Crippen molar-refractivity contribution < 1.29 is 14.3 Å². The van der Waals surface area contributed by atoms with Crippen LogP contribution in [0, 0.1) is 5.92 Å². The number of nitrogens with one attached hydrogen (secondary N) is 1. The fourth-order valence-electron chi connectivity index (χ4n) is 2.73. The maximum atomic E-state index is 12.2. The molecule has 3 atom stereocenters. The second-order valence-electron chi connectivity index (χ2n) is 5.54. The van der Waals surface area contributed by atoms with Crippen LogP contribution in [0.1, 0.15) is 24.8 Å². The van der Waals surface area contributed by atoms with Crippen molar-refractivity contribution in [1.82, 2.24) is 5.32 Å². The number of benzene rings is 1. The van der Waals surface area contributed by atoms with Crippen molar-refractivity contribution in [3.63, 3.8) is 0 Å². The van der Waals surface area contributed by atoms with E-state index in [0.29, 0.717) is 12.8 Å². The highest BCUT2D eigenvalue weighted by Crippen LogP contribution is 2.24. The van der Waals surface area contributed by atoms with Crippen molar-refractivity contribution >= 4 is 11.9 Å². The number of hydrogen-bond donors (Lipinski definition) is 2. The fourth-order valence-corrected chi connectivity index (χ4v) is 2.73. The van der Waals surface area contributed by atoms with Crippen LogP contribution in [0.3, 0.4) is 0 Å². The van der Waals surface area contributed by atoms with E-state index < -0.39 is 12.0 Å². The molecule has 1 amide bonds. The molecule has 21 heavy (non-hydrogen) atoms. The predicted molar refractivity (Wildman–Crippen MR) is 79.4 cm³/mol. The SMILES string of the molecule is COC(=O)C(Cc1ccccc1)NC(=O)C1CCC(N)C1. The van der Waals surface area contributed by atoms with Gasteiger partial charge in [0.15, 0.2) is 0 Å². The Labute approximate surface area is 124 Å². The van der Waals surface area contributed by atoms with Gasteiger partial charge in [-0.1, -0.05) is 30.3 Å². The highest BCUT2D eigenvalue weighted by molar-refractivity contribution is 5.86. The van der Waals surface area contributed by atoms with Crippen molar-refractivity contribution in [1.29, 1.82) is 0 Å². The molecule has 0 saturated heterocycles. The molecule has 0 bridgehead atoms. The Bertz CT molecular complexity index is 490. The van der Waals surface area contributed by atoms with Crippen LogP contribution in [0.15, 0.2) is 30.3 Å². The number of carbonyl (C=O) groups excluding carboxylic acids is 2. The van der Waals surface area contributed by atoms with E-state index in [2.05, 4.69) is 5.32 Å². The molecule has 0 aromatic heterocycles. The Kier molecular flexibility index (Phi) is 5.33. The third kappa shape index (κ3) is 4.29. The second-order valence-corrected chi connectivity index (χ2v) is 5.54. The summed E-state index contributed by atoms with van der Waals surface area (Å²) in [7, 11) is 1.33. The van der Waals surface area contributed by atoms with Crippen molar-refractivity contribution in [2.75, 3.05) is 7.11 Å². The Hall–Kier alpha value is -1.88. The quantitative estimate of drug-likeness (QED) is 0.793. The number of carbonyl (C=O) groups is 2. The summed E-state index contributed by atoms with van der Waals surface area (Å²) in [5.74, 6) is -0.619. The largest absolute Gasteiger partial charge is 0.467 e. The van der Waals surface area contributed by atoms with Gasteiger partial charge in [0.1, 0.15) is 6.04 Å². The Morgan fingerprint density at radius 1 is 1.33 bits per heavy atom. The molecule has 2 rings (SSSR count). The summed E-state index contributed by atoms with van der Waals surface area (Å²) in [5.41, 5.74) is 6.81. The van der Waals surface area contributed by atoms with Gasteiger partial charge in [-0.05, 0) is 24.8 Å². The summed E-state index contributed by atoms with van der Waals surface area (Å²) < 4.78 is 4.79. The minimum absolute atomic E-state index is 0.0893. The Morgan fingerprint density at radius 3 is 2.62 bits per heavy atom. The van der Waals surface area contributed by atoms with Gasteiger partial charge in [-0.3, -0.25) is 4.79 Å². The summed E-state index contributed by atoms with van der Waals surface area (Å²) in [6.07, 6.45) is 2.76. The summed E-state index contributed by atoms with van der Waals surface area (Å²) in [6, 6.07) is 9.01. The highest BCUT2D eigenvalue weighted by atomic mass is 16.5. The van der Waals surface area contributed by atoms with Crippen LogP contribution in [0.25, 0.3) is 0 Å². The monoisotopic (exact) mass is 290 g/mol. The lowest BCUT2D eigenvalue weighted by Crippen LogP contribution is -2.45. The number of rotatable bonds is 5. The van der Waals surface area contributed by atoms with Crippen molar-refractivity contribution in [3.8, 4) is 0 Å². The molecule has 1 aliphatic rings. The number of methoxy groups -OCH3 is 1. The molecule has 1 aromatic carbocycles. The molecule has 1 fully saturated rings. The summed E-state index contributed by atoms with van der Waals surface area (Å²) in [6.45, 7) is 0. The normalized spacial score (nSPS) is 22.6. The third-order valence-corrected chi connectivity index (χ3v) is 3.93. The zero-order chi connectivity index (χ0) is 15.2. The topological polar surface area (TPSA) is 81.4 Å². The molecular formula is C16H22N2O3. The van der Waals surface area contributed by atoms with E-state index in [1.165, 1.54) is 7.11 Å². The summed E-state index contributed by atoms with van der Waals surface area (Å²) >= 11 is 0. The molecule has 3 unspecified atom stereocenters. The van der Waals surface area contributed by atoms with E-state index in [1.54, 1.807) is 0 Å². The van der Waals surface area contributed by atoms with Crippen LogP contribution < -0.4 is 11.1 Å². The molecule has 5 nitrogen and oxygen atoms in total. The number of ether oxygens (including phenoxy) is 1. The predicted octanol–water partition coefficient (Wildman–Crippen LogP) is 1.01. The van der Waals surface area contributed by atoms with E-state index in [0.717, 1.165) is 18.4 Å². The maximum absolute atomic E-state index is 12.2. The zero-order valence-corrected chi connectivity index (χ0v) is 12.2. The minimum Gasteiger partial charge on any atom is -0.467 e. The first-order valence-electron chi connectivity index (χ1n) is 7.28. The minimum atomic E-state index is -0.651. The number of hydrogen-bond acceptors (Lipinski definition) is 4. The van der Waals surface area contributed by atoms with E-state index in [-0.39, 0.29) is 17.9 Å². The van der Waals surface area contributed by atoms with Crippen LogP contribution >= 0.6 is 0 Å². The Balaban J connectivity index is 1.99. The highest BCUT2D eigenvalue weighted by Gasteiger charge is 2.31. The molecule has 0 heterocycles. The number of amides is 1. The van der Waals surface area contributed by atoms with Crippen molar-refractivity contribution in [2.45, 2.75) is 37.8 Å². The first-order chi connectivity index (χ1) is 10.1. The molecule has 0 spiro atoms. The van der Waals surface area contributed by atoms with Crippen LogP contribution in [0.5, 0.6) is 0 Å². The maximum Gasteiger partial charge on any atom is 0.328 e. The summed E-state index contributed by atoms with van der Waals surface area (Å²) in [5, 5.41) is 2.81. The van der Waals surface area contributed by atoms with Gasteiger partial charge in [0, 0.05) is 18.4 Å². The summed E-state index contributed by atoms with van der Waals surface area (Å²) in [4.78, 5) is 24.1. The van der Waals surface area contributed by atoms with Gasteiger partial charge in [0.25, 0.3) is 0 Å². The standard InChI is InChI=1S/C16H22N2O3/c1-21-16(20)14(9-11-5-3-2-4-6-11)18-15(19)12-7-8-13(17)10-12/h2-6,12-14H,7-10,17H2,1H3,(H,18,19). The van der Waals surface area contributed by atoms with Crippen LogP contribution in [-0.2, 0) is 20.7 Å². The van der Waals surface area contributed by atoms with Crippen LogP contribution in [-0.4, -0.2) is 31.1 Å². The fraction of sp³-hybridized carbons (Fsp3) is 0.500. The molecule has 1 aromatic rings. The average molecular weight is 290 g/mol. The number of esters is 1. The van der Waals surface area contributed by atoms with Gasteiger partial charge in [0.05, 0.1) is 7.11 Å². The average Bonchev–Trinajstić information content (AvgIpc) is 2.93. The van der Waals surface area contributed by atoms with Gasteiger partial charge in [-0.25, -0.2) is 4.79 Å². The van der Waals surface area contributed by atoms with E-state index in [1.807, 2.05) is 30.3 Å². The van der Waals surface area contributed by atoms with Gasteiger partial charge in [-0.15, -0.1) is 0 Å². The first-order valence-corrected chi connectivity index (χ1v) is 7.28. The first kappa shape index (κ1) is 15.5.